The van der Waals surface area contributed by atoms with Crippen LogP contribution in [-0.4, -0.2) is 43.2 Å². The summed E-state index contributed by atoms with van der Waals surface area (Å²) in [5.41, 5.74) is 1.30. The summed E-state index contributed by atoms with van der Waals surface area (Å²) in [5, 5.41) is 7.84. The molecule has 132 valence electrons. The van der Waals surface area contributed by atoms with Gasteiger partial charge in [-0.2, -0.15) is 11.8 Å². The van der Waals surface area contributed by atoms with Gasteiger partial charge in [-0.15, -0.1) is 0 Å². The second-order valence-electron chi connectivity index (χ2n) is 6.60. The number of para-hydroxylation sites is 1. The summed E-state index contributed by atoms with van der Waals surface area (Å²) in [6.45, 7) is 4.63. The fourth-order valence-electron chi connectivity index (χ4n) is 3.61. The van der Waals surface area contributed by atoms with Crippen LogP contribution >= 0.6 is 11.8 Å². The van der Waals surface area contributed by atoms with Gasteiger partial charge in [0.15, 0.2) is 5.96 Å². The number of aliphatic imine (C=N–C) groups is 1. The molecule has 2 aliphatic rings. The number of thioether (sulfide) groups is 1. The van der Waals surface area contributed by atoms with E-state index in [2.05, 4.69) is 42.0 Å². The Hall–Kier alpha value is -1.36. The van der Waals surface area contributed by atoms with E-state index in [-0.39, 0.29) is 0 Å². The Morgan fingerprint density at radius 2 is 2.17 bits per heavy atom. The standard InChI is InChI=1S/C19H29N3OS/c1-3-20-19(22-15-8-9-16(12-15)24-2)21-13-14-10-11-23-18-7-5-4-6-17(14)18/h4-7,14-16H,3,8-13H2,1-2H3,(H2,20,21,22). The fraction of sp³-hybridized carbons (Fsp3) is 0.632. The van der Waals surface area contributed by atoms with E-state index in [0.717, 1.165) is 43.1 Å². The molecule has 1 aliphatic carbocycles. The molecule has 1 aliphatic heterocycles. The third-order valence-corrected chi connectivity index (χ3v) is 6.05. The fourth-order valence-corrected chi connectivity index (χ4v) is 4.40. The number of nitrogens with zero attached hydrogens (tertiary/aromatic N) is 1. The zero-order chi connectivity index (χ0) is 16.8. The first-order valence-corrected chi connectivity index (χ1v) is 10.4. The van der Waals surface area contributed by atoms with Crippen LogP contribution in [0.3, 0.4) is 0 Å². The van der Waals surface area contributed by atoms with Gasteiger partial charge in [0, 0.05) is 30.3 Å². The summed E-state index contributed by atoms with van der Waals surface area (Å²) >= 11 is 1.99. The van der Waals surface area contributed by atoms with E-state index in [9.17, 15) is 0 Å². The van der Waals surface area contributed by atoms with Crippen molar-refractivity contribution in [3.05, 3.63) is 29.8 Å². The van der Waals surface area contributed by atoms with E-state index in [1.54, 1.807) is 0 Å². The lowest BCUT2D eigenvalue weighted by molar-refractivity contribution is 0.269. The monoisotopic (exact) mass is 347 g/mol. The van der Waals surface area contributed by atoms with Crippen molar-refractivity contribution in [3.63, 3.8) is 0 Å². The second kappa shape index (κ2) is 8.65. The molecule has 1 aromatic carbocycles. The van der Waals surface area contributed by atoms with Gasteiger partial charge in [0.25, 0.3) is 0 Å². The first-order valence-electron chi connectivity index (χ1n) is 9.09. The number of nitrogens with one attached hydrogen (secondary N) is 2. The molecule has 3 unspecified atom stereocenters. The molecule has 0 saturated heterocycles. The molecule has 0 radical (unpaired) electrons. The highest BCUT2D eigenvalue weighted by Crippen LogP contribution is 2.33. The van der Waals surface area contributed by atoms with Crippen molar-refractivity contribution in [1.29, 1.82) is 0 Å². The molecule has 1 heterocycles. The molecule has 5 heteroatoms. The summed E-state index contributed by atoms with van der Waals surface area (Å²) < 4.78 is 5.76. The maximum absolute atomic E-state index is 5.76. The third kappa shape index (κ3) is 4.38. The van der Waals surface area contributed by atoms with Crippen molar-refractivity contribution in [2.45, 2.75) is 49.8 Å². The van der Waals surface area contributed by atoms with Crippen LogP contribution in [0.5, 0.6) is 5.75 Å². The van der Waals surface area contributed by atoms with E-state index in [0.29, 0.717) is 12.0 Å². The van der Waals surface area contributed by atoms with E-state index in [1.165, 1.54) is 24.8 Å². The van der Waals surface area contributed by atoms with Crippen LogP contribution in [0.25, 0.3) is 0 Å². The number of guanidine groups is 1. The molecule has 4 nitrogen and oxygen atoms in total. The summed E-state index contributed by atoms with van der Waals surface area (Å²) in [6.07, 6.45) is 7.06. The minimum Gasteiger partial charge on any atom is -0.493 e. The quantitative estimate of drug-likeness (QED) is 0.633. The van der Waals surface area contributed by atoms with Gasteiger partial charge in [0.2, 0.25) is 0 Å². The first kappa shape index (κ1) is 17.5. The van der Waals surface area contributed by atoms with Crippen molar-refractivity contribution >= 4 is 17.7 Å². The summed E-state index contributed by atoms with van der Waals surface area (Å²) in [4.78, 5) is 4.88. The van der Waals surface area contributed by atoms with Gasteiger partial charge in [0.1, 0.15) is 5.75 Å². The van der Waals surface area contributed by atoms with Gasteiger partial charge in [-0.1, -0.05) is 18.2 Å². The Bertz CT molecular complexity index is 563. The van der Waals surface area contributed by atoms with Gasteiger partial charge in [-0.25, -0.2) is 0 Å². The first-order chi connectivity index (χ1) is 11.8. The van der Waals surface area contributed by atoms with Crippen molar-refractivity contribution in [3.8, 4) is 5.75 Å². The zero-order valence-electron chi connectivity index (χ0n) is 14.8. The lowest BCUT2D eigenvalue weighted by atomic mass is 9.93. The van der Waals surface area contributed by atoms with Crippen LogP contribution in [0.2, 0.25) is 0 Å². The lowest BCUT2D eigenvalue weighted by Gasteiger charge is -2.25. The smallest absolute Gasteiger partial charge is 0.191 e. The number of rotatable bonds is 5. The second-order valence-corrected chi connectivity index (χ2v) is 7.74. The molecule has 1 saturated carbocycles. The minimum atomic E-state index is 0.452. The number of ether oxygens (including phenoxy) is 1. The molecule has 3 rings (SSSR count). The van der Waals surface area contributed by atoms with E-state index in [4.69, 9.17) is 9.73 Å². The number of hydrogen-bond donors (Lipinski definition) is 2. The van der Waals surface area contributed by atoms with Crippen LogP contribution < -0.4 is 15.4 Å². The number of benzene rings is 1. The lowest BCUT2D eigenvalue weighted by Crippen LogP contribution is -2.42. The van der Waals surface area contributed by atoms with Crippen molar-refractivity contribution in [2.75, 3.05) is 26.0 Å². The van der Waals surface area contributed by atoms with Gasteiger partial charge in [-0.05, 0) is 50.5 Å². The largest absolute Gasteiger partial charge is 0.493 e. The molecule has 1 fully saturated rings. The highest BCUT2D eigenvalue weighted by atomic mass is 32.2. The Balaban J connectivity index is 1.62. The van der Waals surface area contributed by atoms with Crippen molar-refractivity contribution in [1.82, 2.24) is 10.6 Å². The SMILES string of the molecule is CCNC(=NCC1CCOc2ccccc21)NC1CCC(SC)C1. The highest BCUT2D eigenvalue weighted by molar-refractivity contribution is 7.99. The van der Waals surface area contributed by atoms with Gasteiger partial charge >= 0.3 is 0 Å². The molecular formula is C19H29N3OS. The molecule has 0 bridgehead atoms. The van der Waals surface area contributed by atoms with E-state index >= 15 is 0 Å². The number of fused-ring (bicyclic) bond motifs is 1. The molecule has 0 amide bonds. The predicted molar refractivity (Wildman–Crippen MR) is 103 cm³/mol. The van der Waals surface area contributed by atoms with Gasteiger partial charge in [-0.3, -0.25) is 4.99 Å². The van der Waals surface area contributed by atoms with Crippen LogP contribution in [0.4, 0.5) is 0 Å². The Morgan fingerprint density at radius 1 is 1.29 bits per heavy atom. The molecule has 1 aromatic rings. The van der Waals surface area contributed by atoms with Crippen LogP contribution in [-0.2, 0) is 0 Å². The summed E-state index contributed by atoms with van der Waals surface area (Å²) in [5.74, 6) is 2.45. The molecule has 3 atom stereocenters. The number of hydrogen-bond acceptors (Lipinski definition) is 3. The van der Waals surface area contributed by atoms with Crippen molar-refractivity contribution in [2.24, 2.45) is 4.99 Å². The molecular weight excluding hydrogens is 318 g/mol. The van der Waals surface area contributed by atoms with Gasteiger partial charge in [0.05, 0.1) is 6.61 Å². The van der Waals surface area contributed by atoms with Gasteiger partial charge < -0.3 is 15.4 Å². The topological polar surface area (TPSA) is 45.7 Å². The molecule has 0 aromatic heterocycles. The average molecular weight is 348 g/mol. The molecule has 2 N–H and O–H groups in total. The summed E-state index contributed by atoms with van der Waals surface area (Å²) in [6, 6.07) is 8.93. The van der Waals surface area contributed by atoms with E-state index in [1.807, 2.05) is 17.8 Å². The van der Waals surface area contributed by atoms with Crippen LogP contribution in [0.15, 0.2) is 29.3 Å². The maximum atomic E-state index is 5.76. The summed E-state index contributed by atoms with van der Waals surface area (Å²) in [7, 11) is 0. The normalized spacial score (nSPS) is 26.6. The zero-order valence-corrected chi connectivity index (χ0v) is 15.6. The minimum absolute atomic E-state index is 0.452. The van der Waals surface area contributed by atoms with E-state index < -0.39 is 0 Å². The van der Waals surface area contributed by atoms with Crippen molar-refractivity contribution < 1.29 is 4.74 Å². The maximum Gasteiger partial charge on any atom is 0.191 e. The average Bonchev–Trinajstić information content (AvgIpc) is 3.07. The molecule has 0 spiro atoms. The Labute approximate surface area is 149 Å². The predicted octanol–water partition coefficient (Wildman–Crippen LogP) is 3.39. The third-order valence-electron chi connectivity index (χ3n) is 4.96. The highest BCUT2D eigenvalue weighted by Gasteiger charge is 2.25. The van der Waals surface area contributed by atoms with Crippen LogP contribution in [0.1, 0.15) is 44.1 Å². The Kier molecular flexibility index (Phi) is 6.30. The van der Waals surface area contributed by atoms with Crippen LogP contribution in [0, 0.1) is 0 Å². The Morgan fingerprint density at radius 3 is 2.96 bits per heavy atom. The molecule has 24 heavy (non-hydrogen) atoms.